The number of hydrogen-bond acceptors (Lipinski definition) is 2. The fourth-order valence-electron chi connectivity index (χ4n) is 2.71. The molecule has 0 fully saturated rings. The van der Waals surface area contributed by atoms with Gasteiger partial charge in [-0.1, -0.05) is 66.7 Å². The molecule has 26 heavy (non-hydrogen) atoms. The molecule has 1 amide bonds. The summed E-state index contributed by atoms with van der Waals surface area (Å²) < 4.78 is 0.901. The third kappa shape index (κ3) is 4.99. The number of carbonyl (C=O) groups excluding carboxylic acids is 1. The number of carbonyl (C=O) groups is 1. The van der Waals surface area contributed by atoms with E-state index >= 15 is 0 Å². The van der Waals surface area contributed by atoms with E-state index in [1.807, 2.05) is 61.5 Å². The smallest absolute Gasteiger partial charge is 0.234 e. The maximum atomic E-state index is 12.5. The lowest BCUT2D eigenvalue weighted by Gasteiger charge is -2.18. The van der Waals surface area contributed by atoms with Crippen LogP contribution in [0.4, 0.5) is 5.69 Å². The van der Waals surface area contributed by atoms with E-state index in [0.29, 0.717) is 5.75 Å². The third-order valence-electron chi connectivity index (χ3n) is 3.98. The van der Waals surface area contributed by atoms with Crippen molar-refractivity contribution in [1.29, 1.82) is 0 Å². The van der Waals surface area contributed by atoms with Crippen molar-refractivity contribution in [2.45, 2.75) is 12.2 Å². The molecular weight excluding hydrogens is 406 g/mol. The summed E-state index contributed by atoms with van der Waals surface area (Å²) >= 11 is 5.14. The summed E-state index contributed by atoms with van der Waals surface area (Å²) in [5.74, 6) is 0.380. The van der Waals surface area contributed by atoms with Crippen molar-refractivity contribution >= 4 is 39.3 Å². The van der Waals surface area contributed by atoms with Gasteiger partial charge in [0.1, 0.15) is 0 Å². The molecule has 0 saturated carbocycles. The molecule has 0 aliphatic heterocycles. The molecule has 3 rings (SSSR count). The molecule has 0 spiro atoms. The van der Waals surface area contributed by atoms with Crippen LogP contribution < -0.4 is 5.32 Å². The Morgan fingerprint density at radius 3 is 2.08 bits per heavy atom. The number of rotatable bonds is 6. The first-order valence-electron chi connectivity index (χ1n) is 8.41. The van der Waals surface area contributed by atoms with Gasteiger partial charge >= 0.3 is 0 Å². The second-order valence-corrected chi connectivity index (χ2v) is 7.99. The SMILES string of the molecule is Cc1ccc(NC(=O)CSC(c2ccccc2)c2ccccc2)c(Br)c1. The first kappa shape index (κ1) is 18.7. The van der Waals surface area contributed by atoms with Crippen molar-refractivity contribution in [2.24, 2.45) is 0 Å². The maximum absolute atomic E-state index is 12.5. The van der Waals surface area contributed by atoms with Crippen molar-refractivity contribution in [3.8, 4) is 0 Å². The molecule has 0 unspecified atom stereocenters. The highest BCUT2D eigenvalue weighted by Crippen LogP contribution is 2.35. The minimum absolute atomic E-state index is 0.00332. The van der Waals surface area contributed by atoms with Gasteiger partial charge in [-0.3, -0.25) is 4.79 Å². The van der Waals surface area contributed by atoms with Gasteiger partial charge < -0.3 is 5.32 Å². The van der Waals surface area contributed by atoms with Crippen LogP contribution in [0.5, 0.6) is 0 Å². The van der Waals surface area contributed by atoms with Crippen LogP contribution >= 0.6 is 27.7 Å². The Labute approximate surface area is 167 Å². The molecule has 132 valence electrons. The van der Waals surface area contributed by atoms with Crippen LogP contribution in [0.1, 0.15) is 21.9 Å². The zero-order chi connectivity index (χ0) is 18.4. The number of aryl methyl sites for hydroxylation is 1. The number of nitrogens with one attached hydrogen (secondary N) is 1. The number of hydrogen-bond donors (Lipinski definition) is 1. The van der Waals surface area contributed by atoms with Crippen molar-refractivity contribution in [3.05, 3.63) is 100 Å². The molecule has 0 aromatic heterocycles. The van der Waals surface area contributed by atoms with Gasteiger partial charge in [-0.05, 0) is 51.7 Å². The molecule has 3 aromatic carbocycles. The molecule has 0 aliphatic rings. The Morgan fingerprint density at radius 2 is 1.54 bits per heavy atom. The van der Waals surface area contributed by atoms with E-state index in [2.05, 4.69) is 45.5 Å². The quantitative estimate of drug-likeness (QED) is 0.507. The van der Waals surface area contributed by atoms with Gasteiger partial charge in [0.25, 0.3) is 0 Å². The number of anilines is 1. The van der Waals surface area contributed by atoms with E-state index in [9.17, 15) is 4.79 Å². The van der Waals surface area contributed by atoms with Gasteiger partial charge in [0, 0.05) is 4.47 Å². The standard InChI is InChI=1S/C22H20BrNOS/c1-16-12-13-20(19(23)14-16)24-21(25)15-26-22(17-8-4-2-5-9-17)18-10-6-3-7-11-18/h2-14,22H,15H2,1H3,(H,24,25). The zero-order valence-electron chi connectivity index (χ0n) is 14.5. The second-order valence-electron chi connectivity index (χ2n) is 6.04. The zero-order valence-corrected chi connectivity index (χ0v) is 16.9. The van der Waals surface area contributed by atoms with Crippen molar-refractivity contribution in [1.82, 2.24) is 0 Å². The first-order chi connectivity index (χ1) is 12.6. The van der Waals surface area contributed by atoms with E-state index in [-0.39, 0.29) is 11.2 Å². The van der Waals surface area contributed by atoms with Gasteiger partial charge in [-0.15, -0.1) is 11.8 Å². The Hall–Kier alpha value is -2.04. The predicted molar refractivity (Wildman–Crippen MR) is 115 cm³/mol. The second kappa shape index (κ2) is 9.06. The van der Waals surface area contributed by atoms with E-state index in [1.54, 1.807) is 11.8 Å². The van der Waals surface area contributed by atoms with E-state index in [4.69, 9.17) is 0 Å². The Bertz CT molecular complexity index is 828. The van der Waals surface area contributed by atoms with Gasteiger partial charge in [0.15, 0.2) is 0 Å². The minimum atomic E-state index is -0.00332. The van der Waals surface area contributed by atoms with Gasteiger partial charge in [-0.25, -0.2) is 0 Å². The van der Waals surface area contributed by atoms with Crippen LogP contribution in [0, 0.1) is 6.92 Å². The Balaban J connectivity index is 1.71. The first-order valence-corrected chi connectivity index (χ1v) is 10.2. The lowest BCUT2D eigenvalue weighted by Crippen LogP contribution is -2.15. The summed E-state index contributed by atoms with van der Waals surface area (Å²) in [6.45, 7) is 2.02. The molecule has 0 aliphatic carbocycles. The largest absolute Gasteiger partial charge is 0.324 e. The van der Waals surface area contributed by atoms with Gasteiger partial charge in [-0.2, -0.15) is 0 Å². The van der Waals surface area contributed by atoms with Crippen molar-refractivity contribution in [2.75, 3.05) is 11.1 Å². The number of thioether (sulfide) groups is 1. The van der Waals surface area contributed by atoms with Crippen LogP contribution in [-0.2, 0) is 4.79 Å². The molecule has 0 heterocycles. The molecular formula is C22H20BrNOS. The van der Waals surface area contributed by atoms with Crippen LogP contribution in [0.15, 0.2) is 83.3 Å². The third-order valence-corrected chi connectivity index (χ3v) is 5.95. The number of benzene rings is 3. The predicted octanol–water partition coefficient (Wildman–Crippen LogP) is 6.22. The van der Waals surface area contributed by atoms with Crippen LogP contribution in [-0.4, -0.2) is 11.7 Å². The fraction of sp³-hybridized carbons (Fsp3) is 0.136. The summed E-state index contributed by atoms with van der Waals surface area (Å²) in [5.41, 5.74) is 4.36. The molecule has 3 aromatic rings. The maximum Gasteiger partial charge on any atom is 0.234 e. The molecule has 0 bridgehead atoms. The highest BCUT2D eigenvalue weighted by atomic mass is 79.9. The van der Waals surface area contributed by atoms with E-state index in [0.717, 1.165) is 15.7 Å². The average molecular weight is 426 g/mol. The monoisotopic (exact) mass is 425 g/mol. The normalized spacial score (nSPS) is 10.7. The van der Waals surface area contributed by atoms with Crippen LogP contribution in [0.3, 0.4) is 0 Å². The molecule has 4 heteroatoms. The Kier molecular flexibility index (Phi) is 6.53. The summed E-state index contributed by atoms with van der Waals surface area (Å²) in [6.07, 6.45) is 0. The van der Waals surface area contributed by atoms with Crippen molar-refractivity contribution < 1.29 is 4.79 Å². The van der Waals surface area contributed by atoms with Crippen molar-refractivity contribution in [3.63, 3.8) is 0 Å². The molecule has 0 atom stereocenters. The minimum Gasteiger partial charge on any atom is -0.324 e. The summed E-state index contributed by atoms with van der Waals surface area (Å²) in [6, 6.07) is 26.5. The topological polar surface area (TPSA) is 29.1 Å². The molecule has 0 radical (unpaired) electrons. The number of amides is 1. The highest BCUT2D eigenvalue weighted by molar-refractivity contribution is 9.10. The van der Waals surface area contributed by atoms with E-state index < -0.39 is 0 Å². The fourth-order valence-corrected chi connectivity index (χ4v) is 4.39. The van der Waals surface area contributed by atoms with Crippen LogP contribution in [0.25, 0.3) is 0 Å². The summed E-state index contributed by atoms with van der Waals surface area (Å²) in [5, 5.41) is 3.12. The molecule has 1 N–H and O–H groups in total. The number of halogens is 1. The lowest BCUT2D eigenvalue weighted by atomic mass is 10.0. The van der Waals surface area contributed by atoms with Gasteiger partial charge in [0.2, 0.25) is 5.91 Å². The molecule has 0 saturated heterocycles. The summed E-state index contributed by atoms with van der Waals surface area (Å²) in [4.78, 5) is 12.5. The lowest BCUT2D eigenvalue weighted by molar-refractivity contribution is -0.113. The molecule has 2 nitrogen and oxygen atoms in total. The van der Waals surface area contributed by atoms with E-state index in [1.165, 1.54) is 11.1 Å². The highest BCUT2D eigenvalue weighted by Gasteiger charge is 2.16. The average Bonchev–Trinajstić information content (AvgIpc) is 2.66. The van der Waals surface area contributed by atoms with Crippen LogP contribution in [0.2, 0.25) is 0 Å². The van der Waals surface area contributed by atoms with Gasteiger partial charge in [0.05, 0.1) is 16.7 Å². The Morgan fingerprint density at radius 1 is 0.962 bits per heavy atom. The summed E-state index contributed by atoms with van der Waals surface area (Å²) in [7, 11) is 0.